The van der Waals surface area contributed by atoms with E-state index in [4.69, 9.17) is 4.43 Å². The first kappa shape index (κ1) is 21.2. The number of hydrogen-bond acceptors (Lipinski definition) is 2. The molecule has 0 unspecified atom stereocenters. The fourth-order valence-corrected chi connectivity index (χ4v) is 7.48. The van der Waals surface area contributed by atoms with E-state index in [9.17, 15) is 5.11 Å². The van der Waals surface area contributed by atoms with Crippen LogP contribution in [-0.4, -0.2) is 19.0 Å². The van der Waals surface area contributed by atoms with Crippen LogP contribution in [0.2, 0.25) is 18.1 Å². The van der Waals surface area contributed by atoms with Crippen molar-refractivity contribution in [1.82, 2.24) is 0 Å². The van der Waals surface area contributed by atoms with Gasteiger partial charge >= 0.3 is 0 Å². The third kappa shape index (κ3) is 3.15. The Morgan fingerprint density at radius 2 is 1.90 bits per heavy atom. The van der Waals surface area contributed by atoms with Crippen LogP contribution in [0.4, 0.5) is 0 Å². The molecule has 4 rings (SSSR count). The Morgan fingerprint density at radius 3 is 2.55 bits per heavy atom. The minimum atomic E-state index is -1.81. The molecule has 0 spiro atoms. The molecule has 1 N–H and O–H groups in total. The van der Waals surface area contributed by atoms with Gasteiger partial charge in [0, 0.05) is 5.41 Å². The SMILES string of the molecule is C=C[C@]1(O)CC[C@H]2[C@@H]3CCc4cc(O[Si](C)(C)C(C)(C)C)ccc4[C@H]3CC[C@@]21C. The molecule has 3 aliphatic carbocycles. The van der Waals surface area contributed by atoms with E-state index < -0.39 is 13.9 Å². The van der Waals surface area contributed by atoms with Crippen LogP contribution in [0.1, 0.15) is 76.8 Å². The number of fused-ring (bicyclic) bond motifs is 5. The number of hydrogen-bond donors (Lipinski definition) is 1. The highest BCUT2D eigenvalue weighted by Crippen LogP contribution is 2.64. The Labute approximate surface area is 178 Å². The Balaban J connectivity index is 1.59. The molecule has 0 radical (unpaired) electrons. The van der Waals surface area contributed by atoms with Gasteiger partial charge < -0.3 is 9.53 Å². The van der Waals surface area contributed by atoms with Gasteiger partial charge in [0.05, 0.1) is 5.60 Å². The van der Waals surface area contributed by atoms with E-state index in [2.05, 4.69) is 65.6 Å². The second-order valence-electron chi connectivity index (χ2n) is 11.8. The molecule has 1 aromatic carbocycles. The van der Waals surface area contributed by atoms with Crippen LogP contribution >= 0.6 is 0 Å². The van der Waals surface area contributed by atoms with Crippen molar-refractivity contribution in [2.75, 3.05) is 0 Å². The van der Waals surface area contributed by atoms with Crippen LogP contribution in [0.5, 0.6) is 5.75 Å². The zero-order valence-electron chi connectivity index (χ0n) is 19.3. The van der Waals surface area contributed by atoms with E-state index in [0.29, 0.717) is 17.8 Å². The third-order valence-electron chi connectivity index (χ3n) is 9.43. The molecule has 2 saturated carbocycles. The largest absolute Gasteiger partial charge is 0.543 e. The number of aliphatic hydroxyl groups is 1. The first-order valence-electron chi connectivity index (χ1n) is 11.6. The summed E-state index contributed by atoms with van der Waals surface area (Å²) in [6.45, 7) is 17.9. The number of rotatable bonds is 3. The van der Waals surface area contributed by atoms with Crippen molar-refractivity contribution in [3.63, 3.8) is 0 Å². The quantitative estimate of drug-likeness (QED) is 0.435. The highest BCUT2D eigenvalue weighted by molar-refractivity contribution is 6.74. The molecule has 0 heterocycles. The molecule has 0 bridgehead atoms. The maximum atomic E-state index is 11.2. The molecule has 0 amide bonds. The lowest BCUT2D eigenvalue weighted by Gasteiger charge is -2.52. The summed E-state index contributed by atoms with van der Waals surface area (Å²) in [5.74, 6) is 3.02. The van der Waals surface area contributed by atoms with Crippen molar-refractivity contribution in [2.24, 2.45) is 17.3 Å². The monoisotopic (exact) mass is 412 g/mol. The van der Waals surface area contributed by atoms with Gasteiger partial charge in [0.15, 0.2) is 0 Å². The zero-order valence-corrected chi connectivity index (χ0v) is 20.3. The molecular formula is C26H40O2Si. The van der Waals surface area contributed by atoms with Crippen LogP contribution in [0.15, 0.2) is 30.9 Å². The Morgan fingerprint density at radius 1 is 1.17 bits per heavy atom. The Bertz CT molecular complexity index is 807. The van der Waals surface area contributed by atoms with Gasteiger partial charge in [0.2, 0.25) is 8.32 Å². The lowest BCUT2D eigenvalue weighted by molar-refractivity contribution is -0.0707. The summed E-state index contributed by atoms with van der Waals surface area (Å²) >= 11 is 0. The van der Waals surface area contributed by atoms with Crippen molar-refractivity contribution in [3.05, 3.63) is 42.0 Å². The maximum absolute atomic E-state index is 11.2. The van der Waals surface area contributed by atoms with E-state index in [0.717, 1.165) is 31.4 Å². The highest BCUT2D eigenvalue weighted by atomic mass is 28.4. The summed E-state index contributed by atoms with van der Waals surface area (Å²) in [6, 6.07) is 6.94. The molecule has 0 aliphatic heterocycles. The van der Waals surface area contributed by atoms with Crippen molar-refractivity contribution in [3.8, 4) is 5.75 Å². The van der Waals surface area contributed by atoms with Gasteiger partial charge in [-0.2, -0.15) is 0 Å². The predicted octanol–water partition coefficient (Wildman–Crippen LogP) is 6.84. The minimum Gasteiger partial charge on any atom is -0.543 e. The van der Waals surface area contributed by atoms with Crippen LogP contribution in [0.25, 0.3) is 0 Å². The number of aryl methyl sites for hydroxylation is 1. The molecule has 1 aromatic rings. The second-order valence-corrected chi connectivity index (χ2v) is 16.5. The summed E-state index contributed by atoms with van der Waals surface area (Å²) in [7, 11) is -1.81. The topological polar surface area (TPSA) is 29.5 Å². The van der Waals surface area contributed by atoms with Crippen molar-refractivity contribution in [1.29, 1.82) is 0 Å². The van der Waals surface area contributed by atoms with E-state index >= 15 is 0 Å². The van der Waals surface area contributed by atoms with E-state index in [-0.39, 0.29) is 10.5 Å². The van der Waals surface area contributed by atoms with E-state index in [1.165, 1.54) is 18.4 Å². The standard InChI is InChI=1S/C26H40O2Si/c1-8-26(27)16-14-23-22-11-9-18-17-19(28-29(6,7)24(2,3)4)10-12-20(18)21(22)13-15-25(23,26)5/h8,10,12,17,21-23,27H,1,9,11,13-16H2,2-7H3/t21-,22-,23+,25+,26+/m1/s1. The van der Waals surface area contributed by atoms with Gasteiger partial charge in [-0.3, -0.25) is 0 Å². The minimum absolute atomic E-state index is 0.00119. The Kier molecular flexibility index (Phi) is 4.91. The van der Waals surface area contributed by atoms with Gasteiger partial charge in [-0.05, 0) is 97.7 Å². The summed E-state index contributed by atoms with van der Waals surface area (Å²) in [6.07, 6.45) is 8.54. The van der Waals surface area contributed by atoms with Crippen LogP contribution < -0.4 is 4.43 Å². The molecule has 5 atom stereocenters. The maximum Gasteiger partial charge on any atom is 0.250 e. The average Bonchev–Trinajstić information content (AvgIpc) is 2.92. The number of benzene rings is 1. The smallest absolute Gasteiger partial charge is 0.250 e. The van der Waals surface area contributed by atoms with Gasteiger partial charge in [-0.15, -0.1) is 6.58 Å². The second kappa shape index (κ2) is 6.72. The molecule has 2 nitrogen and oxygen atoms in total. The van der Waals surface area contributed by atoms with Crippen LogP contribution in [-0.2, 0) is 6.42 Å². The van der Waals surface area contributed by atoms with Gasteiger partial charge in [0.1, 0.15) is 5.75 Å². The van der Waals surface area contributed by atoms with Gasteiger partial charge in [0.25, 0.3) is 0 Å². The van der Waals surface area contributed by atoms with Crippen molar-refractivity contribution >= 4 is 8.32 Å². The van der Waals surface area contributed by atoms with E-state index in [1.54, 1.807) is 5.56 Å². The lowest BCUT2D eigenvalue weighted by Crippen LogP contribution is -2.49. The molecule has 3 heteroatoms. The molecule has 2 fully saturated rings. The van der Waals surface area contributed by atoms with Gasteiger partial charge in [-0.1, -0.05) is 39.8 Å². The first-order chi connectivity index (χ1) is 13.4. The van der Waals surface area contributed by atoms with Gasteiger partial charge in [-0.25, -0.2) is 0 Å². The summed E-state index contributed by atoms with van der Waals surface area (Å²) in [4.78, 5) is 0. The van der Waals surface area contributed by atoms with Crippen molar-refractivity contribution < 1.29 is 9.53 Å². The average molecular weight is 413 g/mol. The molecule has 0 aromatic heterocycles. The predicted molar refractivity (Wildman–Crippen MR) is 124 cm³/mol. The molecule has 3 aliphatic rings. The van der Waals surface area contributed by atoms with Crippen molar-refractivity contribution in [2.45, 2.75) is 95.9 Å². The molecule has 29 heavy (non-hydrogen) atoms. The molecular weight excluding hydrogens is 372 g/mol. The summed E-state index contributed by atoms with van der Waals surface area (Å²) < 4.78 is 6.59. The molecule has 160 valence electrons. The fraction of sp³-hybridized carbons (Fsp3) is 0.692. The first-order valence-corrected chi connectivity index (χ1v) is 14.5. The normalized spacial score (nSPS) is 36.7. The summed E-state index contributed by atoms with van der Waals surface area (Å²) in [5, 5.41) is 11.4. The Hall–Kier alpha value is -1.06. The van der Waals surface area contributed by atoms with Crippen LogP contribution in [0, 0.1) is 17.3 Å². The summed E-state index contributed by atoms with van der Waals surface area (Å²) in [5.41, 5.74) is 2.38. The van der Waals surface area contributed by atoms with Crippen LogP contribution in [0.3, 0.4) is 0 Å². The highest BCUT2D eigenvalue weighted by Gasteiger charge is 2.60. The molecule has 0 saturated heterocycles. The zero-order chi connectivity index (χ0) is 21.2. The van der Waals surface area contributed by atoms with E-state index in [1.807, 2.05) is 6.08 Å². The third-order valence-corrected chi connectivity index (χ3v) is 13.8. The fourth-order valence-electron chi connectivity index (χ4n) is 6.46. The lowest BCUT2D eigenvalue weighted by atomic mass is 9.53.